The van der Waals surface area contributed by atoms with Gasteiger partial charge in [-0.05, 0) is 30.7 Å². The lowest BCUT2D eigenvalue weighted by Crippen LogP contribution is -1.99. The fourth-order valence-corrected chi connectivity index (χ4v) is 0.925. The number of benzene rings is 1. The van der Waals surface area contributed by atoms with Crippen molar-refractivity contribution in [2.45, 2.75) is 13.3 Å². The second-order valence-corrected chi connectivity index (χ2v) is 2.61. The van der Waals surface area contributed by atoms with Gasteiger partial charge >= 0.3 is 0 Å². The zero-order chi connectivity index (χ0) is 8.81. The molecule has 0 saturated carbocycles. The van der Waals surface area contributed by atoms with E-state index in [1.807, 2.05) is 18.4 Å². The minimum atomic E-state index is 0.594. The van der Waals surface area contributed by atoms with Gasteiger partial charge in [0.2, 0.25) is 6.29 Å². The Morgan fingerprint density at radius 3 is 2.50 bits per heavy atom. The topological polar surface area (TPSA) is 29.1 Å². The third-order valence-electron chi connectivity index (χ3n) is 1.58. The van der Waals surface area contributed by atoms with Gasteiger partial charge in [0.15, 0.2) is 0 Å². The van der Waals surface area contributed by atoms with E-state index in [1.54, 1.807) is 12.1 Å². The van der Waals surface area contributed by atoms with Crippen LogP contribution in [0.25, 0.3) is 0 Å². The van der Waals surface area contributed by atoms with E-state index in [2.05, 4.69) is 12.2 Å². The Balaban J connectivity index is 2.58. The molecule has 2 heteroatoms. The van der Waals surface area contributed by atoms with Crippen LogP contribution in [0.1, 0.15) is 18.9 Å². The second kappa shape index (κ2) is 4.54. The van der Waals surface area contributed by atoms with Crippen molar-refractivity contribution in [3.8, 4) is 0 Å². The number of rotatable bonds is 4. The Hall–Kier alpha value is -1.31. The summed E-state index contributed by atoms with van der Waals surface area (Å²) in [6, 6.07) is 7.28. The molecular formula is C10H12NO. The highest BCUT2D eigenvalue weighted by Crippen LogP contribution is 2.07. The van der Waals surface area contributed by atoms with Crippen LogP contribution in [-0.4, -0.2) is 12.8 Å². The van der Waals surface area contributed by atoms with Gasteiger partial charge in [-0.15, -0.1) is 0 Å². The minimum Gasteiger partial charge on any atom is -0.385 e. The predicted molar refractivity (Wildman–Crippen MR) is 50.0 cm³/mol. The number of hydrogen-bond donors (Lipinski definition) is 1. The molecule has 0 aliphatic rings. The number of anilines is 1. The van der Waals surface area contributed by atoms with Gasteiger partial charge in [-0.1, -0.05) is 6.92 Å². The molecule has 1 radical (unpaired) electrons. The monoisotopic (exact) mass is 162 g/mol. The highest BCUT2D eigenvalue weighted by molar-refractivity contribution is 5.76. The molecule has 1 aromatic rings. The summed E-state index contributed by atoms with van der Waals surface area (Å²) in [6.07, 6.45) is 2.93. The van der Waals surface area contributed by atoms with Crippen molar-refractivity contribution < 1.29 is 4.79 Å². The molecule has 0 heterocycles. The van der Waals surface area contributed by atoms with Crippen LogP contribution in [0.4, 0.5) is 5.69 Å². The smallest absolute Gasteiger partial charge is 0.233 e. The van der Waals surface area contributed by atoms with Crippen molar-refractivity contribution >= 4 is 12.0 Å². The summed E-state index contributed by atoms with van der Waals surface area (Å²) in [4.78, 5) is 10.2. The average Bonchev–Trinajstić information content (AvgIpc) is 2.15. The summed E-state index contributed by atoms with van der Waals surface area (Å²) in [5.74, 6) is 0. The molecule has 0 fully saturated rings. The summed E-state index contributed by atoms with van der Waals surface area (Å²) in [5, 5.41) is 3.22. The molecule has 1 aromatic carbocycles. The molecule has 0 bridgehead atoms. The van der Waals surface area contributed by atoms with Crippen molar-refractivity contribution in [1.82, 2.24) is 0 Å². The Kier molecular flexibility index (Phi) is 3.33. The Labute approximate surface area is 72.6 Å². The largest absolute Gasteiger partial charge is 0.385 e. The fourth-order valence-electron chi connectivity index (χ4n) is 0.925. The number of hydrogen-bond acceptors (Lipinski definition) is 2. The molecule has 0 spiro atoms. The zero-order valence-corrected chi connectivity index (χ0v) is 7.13. The Morgan fingerprint density at radius 1 is 1.33 bits per heavy atom. The molecule has 0 aliphatic heterocycles. The van der Waals surface area contributed by atoms with E-state index >= 15 is 0 Å². The van der Waals surface area contributed by atoms with E-state index in [0.717, 1.165) is 18.7 Å². The van der Waals surface area contributed by atoms with Gasteiger partial charge in [-0.3, -0.25) is 4.79 Å². The first-order valence-corrected chi connectivity index (χ1v) is 4.09. The number of carbonyl (C=O) groups excluding carboxylic acids is 1. The summed E-state index contributed by atoms with van der Waals surface area (Å²) >= 11 is 0. The van der Waals surface area contributed by atoms with Crippen molar-refractivity contribution in [3.63, 3.8) is 0 Å². The van der Waals surface area contributed by atoms with Crippen molar-refractivity contribution in [1.29, 1.82) is 0 Å². The van der Waals surface area contributed by atoms with E-state index in [0.29, 0.717) is 5.56 Å². The first-order chi connectivity index (χ1) is 5.86. The highest BCUT2D eigenvalue weighted by atomic mass is 16.1. The molecule has 0 aromatic heterocycles. The minimum absolute atomic E-state index is 0.594. The van der Waals surface area contributed by atoms with E-state index in [-0.39, 0.29) is 0 Å². The summed E-state index contributed by atoms with van der Waals surface area (Å²) in [7, 11) is 0. The molecular weight excluding hydrogens is 150 g/mol. The van der Waals surface area contributed by atoms with Crippen LogP contribution in [0.3, 0.4) is 0 Å². The van der Waals surface area contributed by atoms with Gasteiger partial charge in [0.1, 0.15) is 0 Å². The first kappa shape index (κ1) is 8.78. The van der Waals surface area contributed by atoms with E-state index in [1.165, 1.54) is 0 Å². The summed E-state index contributed by atoms with van der Waals surface area (Å²) in [6.45, 7) is 3.07. The third kappa shape index (κ3) is 2.38. The van der Waals surface area contributed by atoms with Gasteiger partial charge in [0.25, 0.3) is 0 Å². The van der Waals surface area contributed by atoms with Gasteiger partial charge in [0.05, 0.1) is 0 Å². The molecule has 12 heavy (non-hydrogen) atoms. The summed E-state index contributed by atoms with van der Waals surface area (Å²) in [5.41, 5.74) is 1.65. The first-order valence-electron chi connectivity index (χ1n) is 4.09. The van der Waals surface area contributed by atoms with Crippen LogP contribution in [-0.2, 0) is 4.79 Å². The van der Waals surface area contributed by atoms with Crippen LogP contribution in [0.2, 0.25) is 0 Å². The lowest BCUT2D eigenvalue weighted by Gasteiger charge is -2.03. The van der Waals surface area contributed by atoms with Crippen molar-refractivity contribution in [2.75, 3.05) is 11.9 Å². The summed E-state index contributed by atoms with van der Waals surface area (Å²) < 4.78 is 0. The van der Waals surface area contributed by atoms with Crippen molar-refractivity contribution in [2.24, 2.45) is 0 Å². The van der Waals surface area contributed by atoms with Crippen LogP contribution in [0, 0.1) is 0 Å². The van der Waals surface area contributed by atoms with Gasteiger partial charge < -0.3 is 5.32 Å². The molecule has 0 aliphatic carbocycles. The molecule has 0 unspecified atom stereocenters. The van der Waals surface area contributed by atoms with E-state index in [4.69, 9.17) is 0 Å². The molecule has 0 atom stereocenters. The maximum absolute atomic E-state index is 10.2. The van der Waals surface area contributed by atoms with Crippen LogP contribution < -0.4 is 5.32 Å². The average molecular weight is 162 g/mol. The second-order valence-electron chi connectivity index (χ2n) is 2.61. The van der Waals surface area contributed by atoms with Crippen LogP contribution in [0.15, 0.2) is 24.3 Å². The van der Waals surface area contributed by atoms with Crippen LogP contribution >= 0.6 is 0 Å². The quantitative estimate of drug-likeness (QED) is 0.733. The standard InChI is InChI=1S/C10H12NO/c1-2-7-11-10-5-3-9(8-12)4-6-10/h3-6,11H,2,7H2,1H3. The Morgan fingerprint density at radius 2 is 2.00 bits per heavy atom. The SMILES string of the molecule is CCCNc1ccc([C]=O)cc1. The lowest BCUT2D eigenvalue weighted by atomic mass is 10.2. The highest BCUT2D eigenvalue weighted by Gasteiger charge is 1.91. The van der Waals surface area contributed by atoms with Gasteiger partial charge in [-0.25, -0.2) is 0 Å². The molecule has 1 N–H and O–H groups in total. The van der Waals surface area contributed by atoms with Gasteiger partial charge in [-0.2, -0.15) is 0 Å². The van der Waals surface area contributed by atoms with Crippen LogP contribution in [0.5, 0.6) is 0 Å². The predicted octanol–water partition coefficient (Wildman–Crippen LogP) is 1.97. The molecule has 2 nitrogen and oxygen atoms in total. The fraction of sp³-hybridized carbons (Fsp3) is 0.300. The van der Waals surface area contributed by atoms with Crippen molar-refractivity contribution in [3.05, 3.63) is 29.8 Å². The number of nitrogens with one attached hydrogen (secondary N) is 1. The Bertz CT molecular complexity index is 241. The zero-order valence-electron chi connectivity index (χ0n) is 7.13. The lowest BCUT2D eigenvalue weighted by molar-refractivity contribution is 0.563. The van der Waals surface area contributed by atoms with E-state index in [9.17, 15) is 4.79 Å². The molecule has 63 valence electrons. The molecule has 0 saturated heterocycles. The maximum atomic E-state index is 10.2. The molecule has 1 rings (SSSR count). The molecule has 0 amide bonds. The maximum Gasteiger partial charge on any atom is 0.233 e. The van der Waals surface area contributed by atoms with Gasteiger partial charge in [0, 0.05) is 17.8 Å². The van der Waals surface area contributed by atoms with E-state index < -0.39 is 0 Å². The third-order valence-corrected chi connectivity index (χ3v) is 1.58. The normalized spacial score (nSPS) is 9.42.